The largest absolute Gasteiger partial charge is 0.456 e. The highest BCUT2D eigenvalue weighted by Crippen LogP contribution is 2.12. The van der Waals surface area contributed by atoms with E-state index < -0.39 is 0 Å². The van der Waals surface area contributed by atoms with Gasteiger partial charge in [-0.15, -0.1) is 0 Å². The van der Waals surface area contributed by atoms with E-state index in [1.54, 1.807) is 6.07 Å². The van der Waals surface area contributed by atoms with Crippen molar-refractivity contribution in [2.45, 2.75) is 33.6 Å². The topological polar surface area (TPSA) is 42.2 Å². The maximum atomic E-state index is 11.5. The predicted octanol–water partition coefficient (Wildman–Crippen LogP) is 2.43. The summed E-state index contributed by atoms with van der Waals surface area (Å²) in [5.74, 6) is 1.11. The standard InChI is InChI=1S/C11H17NO2/c1-4-5-6-12-11(13)10-7-8(2)9(3)14-10/h7H,4-6H2,1-3H3,(H,12,13). The van der Waals surface area contributed by atoms with Gasteiger partial charge in [-0.2, -0.15) is 0 Å². The first-order valence-electron chi connectivity index (χ1n) is 5.00. The molecule has 0 aliphatic heterocycles. The summed E-state index contributed by atoms with van der Waals surface area (Å²) < 4.78 is 5.29. The lowest BCUT2D eigenvalue weighted by Gasteiger charge is -2.00. The Morgan fingerprint density at radius 2 is 2.21 bits per heavy atom. The minimum absolute atomic E-state index is 0.116. The Hall–Kier alpha value is -1.25. The van der Waals surface area contributed by atoms with E-state index >= 15 is 0 Å². The maximum absolute atomic E-state index is 11.5. The van der Waals surface area contributed by atoms with Crippen LogP contribution in [0.5, 0.6) is 0 Å². The molecule has 0 unspecified atom stereocenters. The van der Waals surface area contributed by atoms with Gasteiger partial charge in [0, 0.05) is 6.54 Å². The van der Waals surface area contributed by atoms with Gasteiger partial charge in [-0.3, -0.25) is 4.79 Å². The summed E-state index contributed by atoms with van der Waals surface area (Å²) in [5, 5.41) is 2.81. The number of nitrogens with one attached hydrogen (secondary N) is 1. The molecule has 0 saturated carbocycles. The van der Waals surface area contributed by atoms with Crippen LogP contribution in [-0.4, -0.2) is 12.5 Å². The van der Waals surface area contributed by atoms with Gasteiger partial charge in [0.05, 0.1) is 0 Å². The van der Waals surface area contributed by atoms with E-state index in [1.807, 2.05) is 13.8 Å². The lowest BCUT2D eigenvalue weighted by molar-refractivity contribution is 0.0924. The van der Waals surface area contributed by atoms with E-state index in [1.165, 1.54) is 0 Å². The highest BCUT2D eigenvalue weighted by Gasteiger charge is 2.10. The molecule has 0 spiro atoms. The van der Waals surface area contributed by atoms with E-state index in [2.05, 4.69) is 12.2 Å². The number of unbranched alkanes of at least 4 members (excludes halogenated alkanes) is 1. The van der Waals surface area contributed by atoms with Gasteiger partial charge in [-0.05, 0) is 31.9 Å². The van der Waals surface area contributed by atoms with Gasteiger partial charge in [0.15, 0.2) is 5.76 Å². The molecule has 0 bridgehead atoms. The molecule has 1 N–H and O–H groups in total. The molecule has 3 heteroatoms. The van der Waals surface area contributed by atoms with Crippen molar-refractivity contribution in [1.82, 2.24) is 5.32 Å². The fourth-order valence-corrected chi connectivity index (χ4v) is 1.15. The molecule has 78 valence electrons. The molecule has 1 aromatic rings. The molecule has 0 aromatic carbocycles. The maximum Gasteiger partial charge on any atom is 0.287 e. The Labute approximate surface area is 84.5 Å². The molecule has 0 radical (unpaired) electrons. The van der Waals surface area contributed by atoms with Crippen LogP contribution in [-0.2, 0) is 0 Å². The molecular weight excluding hydrogens is 178 g/mol. The lowest BCUT2D eigenvalue weighted by Crippen LogP contribution is -2.23. The van der Waals surface area contributed by atoms with E-state index in [4.69, 9.17) is 4.42 Å². The second-order valence-corrected chi connectivity index (χ2v) is 3.46. The van der Waals surface area contributed by atoms with Crippen molar-refractivity contribution in [3.8, 4) is 0 Å². The van der Waals surface area contributed by atoms with Crippen molar-refractivity contribution in [2.24, 2.45) is 0 Å². The third-order valence-electron chi connectivity index (χ3n) is 2.21. The molecule has 14 heavy (non-hydrogen) atoms. The van der Waals surface area contributed by atoms with Crippen molar-refractivity contribution in [2.75, 3.05) is 6.54 Å². The summed E-state index contributed by atoms with van der Waals surface area (Å²) in [6.07, 6.45) is 2.08. The smallest absolute Gasteiger partial charge is 0.287 e. The SMILES string of the molecule is CCCCNC(=O)c1cc(C)c(C)o1. The number of furan rings is 1. The van der Waals surface area contributed by atoms with Crippen LogP contribution >= 0.6 is 0 Å². The Bertz CT molecular complexity index is 296. The molecule has 0 aliphatic carbocycles. The molecule has 1 aromatic heterocycles. The summed E-state index contributed by atoms with van der Waals surface area (Å²) >= 11 is 0. The van der Waals surface area contributed by atoms with Crippen molar-refractivity contribution in [3.05, 3.63) is 23.2 Å². The third-order valence-corrected chi connectivity index (χ3v) is 2.21. The Morgan fingerprint density at radius 1 is 1.50 bits per heavy atom. The van der Waals surface area contributed by atoms with E-state index in [0.717, 1.165) is 24.2 Å². The van der Waals surface area contributed by atoms with Crippen molar-refractivity contribution < 1.29 is 9.21 Å². The molecule has 0 saturated heterocycles. The summed E-state index contributed by atoms with van der Waals surface area (Å²) in [6, 6.07) is 1.77. The number of aryl methyl sites for hydroxylation is 2. The zero-order valence-corrected chi connectivity index (χ0v) is 9.02. The first-order chi connectivity index (χ1) is 6.65. The number of carbonyl (C=O) groups is 1. The van der Waals surface area contributed by atoms with E-state index in [9.17, 15) is 4.79 Å². The minimum Gasteiger partial charge on any atom is -0.456 e. The van der Waals surface area contributed by atoms with Crippen LogP contribution in [0.3, 0.4) is 0 Å². The minimum atomic E-state index is -0.116. The van der Waals surface area contributed by atoms with Crippen molar-refractivity contribution >= 4 is 5.91 Å². The Balaban J connectivity index is 2.52. The van der Waals surface area contributed by atoms with Gasteiger partial charge in [-0.1, -0.05) is 13.3 Å². The van der Waals surface area contributed by atoms with Crippen LogP contribution in [0.4, 0.5) is 0 Å². The van der Waals surface area contributed by atoms with Crippen molar-refractivity contribution in [1.29, 1.82) is 0 Å². The second-order valence-electron chi connectivity index (χ2n) is 3.46. The number of hydrogen-bond donors (Lipinski definition) is 1. The average molecular weight is 195 g/mol. The predicted molar refractivity (Wildman–Crippen MR) is 55.4 cm³/mol. The number of rotatable bonds is 4. The van der Waals surface area contributed by atoms with Crippen LogP contribution in [0.1, 0.15) is 41.6 Å². The molecule has 0 atom stereocenters. The summed E-state index contributed by atoms with van der Waals surface area (Å²) in [7, 11) is 0. The quantitative estimate of drug-likeness (QED) is 0.750. The molecule has 1 heterocycles. The summed E-state index contributed by atoms with van der Waals surface area (Å²) in [5.41, 5.74) is 1.02. The normalized spacial score (nSPS) is 10.2. The fraction of sp³-hybridized carbons (Fsp3) is 0.545. The summed E-state index contributed by atoms with van der Waals surface area (Å²) in [4.78, 5) is 11.5. The van der Waals surface area contributed by atoms with Crippen LogP contribution < -0.4 is 5.32 Å². The first kappa shape index (κ1) is 10.8. The Morgan fingerprint density at radius 3 is 2.71 bits per heavy atom. The fourth-order valence-electron chi connectivity index (χ4n) is 1.15. The monoisotopic (exact) mass is 195 g/mol. The van der Waals surface area contributed by atoms with Gasteiger partial charge >= 0.3 is 0 Å². The molecule has 1 amide bonds. The molecular formula is C11H17NO2. The highest BCUT2D eigenvalue weighted by atomic mass is 16.3. The zero-order valence-electron chi connectivity index (χ0n) is 9.02. The molecule has 1 rings (SSSR count). The van der Waals surface area contributed by atoms with Gasteiger partial charge < -0.3 is 9.73 Å². The van der Waals surface area contributed by atoms with E-state index in [-0.39, 0.29) is 5.91 Å². The van der Waals surface area contributed by atoms with Crippen molar-refractivity contribution in [3.63, 3.8) is 0 Å². The average Bonchev–Trinajstić information content (AvgIpc) is 2.47. The van der Waals surface area contributed by atoms with Crippen LogP contribution in [0.2, 0.25) is 0 Å². The molecule has 0 aliphatic rings. The van der Waals surface area contributed by atoms with E-state index in [0.29, 0.717) is 12.3 Å². The Kier molecular flexibility index (Phi) is 3.74. The van der Waals surface area contributed by atoms with Gasteiger partial charge in [0.25, 0.3) is 5.91 Å². The molecule has 3 nitrogen and oxygen atoms in total. The van der Waals surface area contributed by atoms with Crippen LogP contribution in [0.25, 0.3) is 0 Å². The first-order valence-corrected chi connectivity index (χ1v) is 5.00. The zero-order chi connectivity index (χ0) is 10.6. The van der Waals surface area contributed by atoms with Crippen LogP contribution in [0.15, 0.2) is 10.5 Å². The number of amides is 1. The summed E-state index contributed by atoms with van der Waals surface area (Å²) in [6.45, 7) is 6.60. The second kappa shape index (κ2) is 4.84. The lowest BCUT2D eigenvalue weighted by atomic mass is 10.3. The number of carbonyl (C=O) groups excluding carboxylic acids is 1. The van der Waals surface area contributed by atoms with Gasteiger partial charge in [0.1, 0.15) is 5.76 Å². The van der Waals surface area contributed by atoms with Crippen LogP contribution in [0, 0.1) is 13.8 Å². The van der Waals surface area contributed by atoms with Gasteiger partial charge in [0.2, 0.25) is 0 Å². The van der Waals surface area contributed by atoms with Gasteiger partial charge in [-0.25, -0.2) is 0 Å². The highest BCUT2D eigenvalue weighted by molar-refractivity contribution is 5.91. The number of hydrogen-bond acceptors (Lipinski definition) is 2. The third kappa shape index (κ3) is 2.62. The molecule has 0 fully saturated rings.